The smallest absolute Gasteiger partial charge is 0.333 e. The van der Waals surface area contributed by atoms with Crippen molar-refractivity contribution in [3.8, 4) is 0 Å². The number of fused-ring (bicyclic) bond motifs is 1. The van der Waals surface area contributed by atoms with E-state index in [1.54, 1.807) is 9.47 Å². The third kappa shape index (κ3) is 3.63. The van der Waals surface area contributed by atoms with Gasteiger partial charge in [-0.2, -0.15) is 0 Å². The van der Waals surface area contributed by atoms with Crippen molar-refractivity contribution in [3.63, 3.8) is 0 Å². The fourth-order valence-electron chi connectivity index (χ4n) is 3.78. The number of nitrogens with zero attached hydrogens (tertiary/aromatic N) is 5. The first-order valence-electron chi connectivity index (χ1n) is 10.1. The summed E-state index contributed by atoms with van der Waals surface area (Å²) >= 11 is 0. The van der Waals surface area contributed by atoms with Gasteiger partial charge < -0.3 is 14.6 Å². The van der Waals surface area contributed by atoms with E-state index >= 15 is 0 Å². The van der Waals surface area contributed by atoms with E-state index in [0.717, 1.165) is 36.7 Å². The Morgan fingerprint density at radius 1 is 1.04 bits per heavy atom. The standard InChI is InChI=1S/C19H29N5O4/c1-3-5-11-23-17-16(22(8-4-2)14(13-25)20-17)18(27)24(19(23)28)12-15(26)21-9-6-7-10-21/h25H,3-13H2,1-2H3. The molecule has 1 aliphatic heterocycles. The van der Waals surface area contributed by atoms with Crippen LogP contribution in [-0.4, -0.2) is 47.7 Å². The molecule has 0 spiro atoms. The van der Waals surface area contributed by atoms with Gasteiger partial charge in [-0.1, -0.05) is 20.3 Å². The summed E-state index contributed by atoms with van der Waals surface area (Å²) in [5.74, 6) is 0.157. The molecule has 9 nitrogen and oxygen atoms in total. The van der Waals surface area contributed by atoms with E-state index < -0.39 is 11.2 Å². The van der Waals surface area contributed by atoms with Crippen LogP contribution in [0, 0.1) is 0 Å². The van der Waals surface area contributed by atoms with E-state index in [4.69, 9.17) is 0 Å². The van der Waals surface area contributed by atoms with Crippen LogP contribution in [0.5, 0.6) is 0 Å². The molecule has 2 aromatic rings. The van der Waals surface area contributed by atoms with Crippen molar-refractivity contribution >= 4 is 17.1 Å². The average molecular weight is 391 g/mol. The molecule has 9 heteroatoms. The van der Waals surface area contributed by atoms with Crippen LogP contribution in [0.4, 0.5) is 0 Å². The van der Waals surface area contributed by atoms with Crippen molar-refractivity contribution in [2.45, 2.75) is 72.2 Å². The Morgan fingerprint density at radius 2 is 1.75 bits per heavy atom. The lowest BCUT2D eigenvalue weighted by atomic mass is 10.3. The molecule has 0 saturated carbocycles. The summed E-state index contributed by atoms with van der Waals surface area (Å²) in [5.41, 5.74) is -0.438. The summed E-state index contributed by atoms with van der Waals surface area (Å²) in [6, 6.07) is 0. The number of likely N-dealkylation sites (tertiary alicyclic amines) is 1. The second-order valence-corrected chi connectivity index (χ2v) is 7.28. The van der Waals surface area contributed by atoms with Gasteiger partial charge in [-0.05, 0) is 25.7 Å². The molecule has 0 atom stereocenters. The highest BCUT2D eigenvalue weighted by Crippen LogP contribution is 2.14. The second kappa shape index (κ2) is 8.72. The van der Waals surface area contributed by atoms with Crippen LogP contribution >= 0.6 is 0 Å². The summed E-state index contributed by atoms with van der Waals surface area (Å²) in [6.07, 6.45) is 4.27. The van der Waals surface area contributed by atoms with Gasteiger partial charge in [0, 0.05) is 26.2 Å². The number of unbranched alkanes of at least 4 members (excludes halogenated alkanes) is 1. The summed E-state index contributed by atoms with van der Waals surface area (Å²) in [4.78, 5) is 45.0. The molecule has 1 saturated heterocycles. The van der Waals surface area contributed by atoms with Crippen molar-refractivity contribution < 1.29 is 9.90 Å². The van der Waals surface area contributed by atoms with Gasteiger partial charge in [0.2, 0.25) is 5.91 Å². The fraction of sp³-hybridized carbons (Fsp3) is 0.684. The number of rotatable bonds is 8. The van der Waals surface area contributed by atoms with Crippen molar-refractivity contribution in [2.24, 2.45) is 0 Å². The number of carbonyl (C=O) groups excluding carboxylic acids is 1. The Morgan fingerprint density at radius 3 is 2.36 bits per heavy atom. The predicted molar refractivity (Wildman–Crippen MR) is 105 cm³/mol. The number of aryl methyl sites for hydroxylation is 2. The number of aliphatic hydroxyl groups is 1. The number of hydrogen-bond donors (Lipinski definition) is 1. The highest BCUT2D eigenvalue weighted by Gasteiger charge is 2.24. The molecule has 0 radical (unpaired) electrons. The molecule has 1 amide bonds. The monoisotopic (exact) mass is 391 g/mol. The molecule has 3 rings (SSSR count). The Balaban J connectivity index is 2.19. The van der Waals surface area contributed by atoms with Gasteiger partial charge in [-0.25, -0.2) is 14.3 Å². The van der Waals surface area contributed by atoms with Crippen molar-refractivity contribution in [1.29, 1.82) is 0 Å². The fourth-order valence-corrected chi connectivity index (χ4v) is 3.78. The van der Waals surface area contributed by atoms with E-state index in [1.807, 2.05) is 13.8 Å². The molecule has 154 valence electrons. The van der Waals surface area contributed by atoms with Crippen molar-refractivity contribution in [2.75, 3.05) is 13.1 Å². The van der Waals surface area contributed by atoms with E-state index in [0.29, 0.717) is 37.7 Å². The molecule has 0 unspecified atom stereocenters. The van der Waals surface area contributed by atoms with Gasteiger partial charge in [0.1, 0.15) is 19.0 Å². The lowest BCUT2D eigenvalue weighted by Crippen LogP contribution is -2.44. The highest BCUT2D eigenvalue weighted by atomic mass is 16.3. The third-order valence-electron chi connectivity index (χ3n) is 5.27. The van der Waals surface area contributed by atoms with E-state index in [9.17, 15) is 19.5 Å². The van der Waals surface area contributed by atoms with Crippen LogP contribution in [0.3, 0.4) is 0 Å². The van der Waals surface area contributed by atoms with Crippen LogP contribution in [-0.2, 0) is 31.0 Å². The molecule has 2 aromatic heterocycles. The van der Waals surface area contributed by atoms with Crippen LogP contribution in [0.2, 0.25) is 0 Å². The molecule has 1 aliphatic rings. The van der Waals surface area contributed by atoms with Gasteiger partial charge >= 0.3 is 5.69 Å². The van der Waals surface area contributed by atoms with Crippen molar-refractivity contribution in [3.05, 3.63) is 26.7 Å². The maximum atomic E-state index is 13.2. The topological polar surface area (TPSA) is 102 Å². The van der Waals surface area contributed by atoms with Gasteiger partial charge in [0.05, 0.1) is 0 Å². The molecule has 0 aliphatic carbocycles. The Bertz CT molecular complexity index is 965. The van der Waals surface area contributed by atoms with Gasteiger partial charge in [-0.15, -0.1) is 0 Å². The molecule has 1 fully saturated rings. The minimum Gasteiger partial charge on any atom is -0.388 e. The number of aromatic nitrogens is 4. The zero-order valence-electron chi connectivity index (χ0n) is 16.7. The molecule has 1 N–H and O–H groups in total. The Labute approximate surface area is 163 Å². The first-order chi connectivity index (χ1) is 13.5. The average Bonchev–Trinajstić information content (AvgIpc) is 3.34. The van der Waals surface area contributed by atoms with Gasteiger partial charge in [0.15, 0.2) is 11.2 Å². The molecule has 0 aromatic carbocycles. The largest absolute Gasteiger partial charge is 0.388 e. The zero-order valence-corrected chi connectivity index (χ0v) is 16.7. The quantitative estimate of drug-likeness (QED) is 0.713. The summed E-state index contributed by atoms with van der Waals surface area (Å²) in [6.45, 7) is 5.67. The number of imidazole rings is 1. The molecular formula is C19H29N5O4. The number of aliphatic hydroxyl groups excluding tert-OH is 1. The summed E-state index contributed by atoms with van der Waals surface area (Å²) < 4.78 is 4.19. The van der Waals surface area contributed by atoms with Crippen LogP contribution in [0.25, 0.3) is 11.2 Å². The summed E-state index contributed by atoms with van der Waals surface area (Å²) in [5, 5.41) is 9.69. The van der Waals surface area contributed by atoms with E-state index in [2.05, 4.69) is 4.98 Å². The first-order valence-corrected chi connectivity index (χ1v) is 10.1. The van der Waals surface area contributed by atoms with Gasteiger partial charge in [0.25, 0.3) is 5.56 Å². The second-order valence-electron chi connectivity index (χ2n) is 7.28. The first kappa shape index (κ1) is 20.3. The third-order valence-corrected chi connectivity index (χ3v) is 5.27. The number of carbonyl (C=O) groups is 1. The van der Waals surface area contributed by atoms with Crippen LogP contribution in [0.1, 0.15) is 51.8 Å². The maximum Gasteiger partial charge on any atom is 0.333 e. The zero-order chi connectivity index (χ0) is 20.3. The minimum absolute atomic E-state index is 0.206. The minimum atomic E-state index is -0.513. The number of amides is 1. The predicted octanol–water partition coefficient (Wildman–Crippen LogP) is 0.685. The van der Waals surface area contributed by atoms with Crippen molar-refractivity contribution in [1.82, 2.24) is 23.6 Å². The normalized spacial score (nSPS) is 14.3. The van der Waals surface area contributed by atoms with E-state index in [1.165, 1.54) is 4.57 Å². The van der Waals surface area contributed by atoms with Crippen LogP contribution < -0.4 is 11.2 Å². The number of hydrogen-bond acceptors (Lipinski definition) is 5. The molecular weight excluding hydrogens is 362 g/mol. The van der Waals surface area contributed by atoms with Crippen LogP contribution in [0.15, 0.2) is 9.59 Å². The highest BCUT2D eigenvalue weighted by molar-refractivity contribution is 5.77. The Hall–Kier alpha value is -2.42. The maximum absolute atomic E-state index is 13.2. The lowest BCUT2D eigenvalue weighted by molar-refractivity contribution is -0.130. The summed E-state index contributed by atoms with van der Waals surface area (Å²) in [7, 11) is 0. The van der Waals surface area contributed by atoms with E-state index in [-0.39, 0.29) is 24.6 Å². The molecule has 3 heterocycles. The SMILES string of the molecule is CCCCn1c(=O)n(CC(=O)N2CCCC2)c(=O)c2c1nc(CO)n2CCC. The molecule has 0 bridgehead atoms. The Kier molecular flexibility index (Phi) is 6.33. The molecule has 28 heavy (non-hydrogen) atoms. The lowest BCUT2D eigenvalue weighted by Gasteiger charge is -2.17. The van der Waals surface area contributed by atoms with Gasteiger partial charge in [-0.3, -0.25) is 14.2 Å².